The number of nitrogens with zero attached hydrogens (tertiary/aromatic N) is 2. The summed E-state index contributed by atoms with van der Waals surface area (Å²) in [4.78, 5) is 14.8. The van der Waals surface area contributed by atoms with E-state index in [9.17, 15) is 4.79 Å². The van der Waals surface area contributed by atoms with E-state index in [-0.39, 0.29) is 16.9 Å². The van der Waals surface area contributed by atoms with Gasteiger partial charge in [0.2, 0.25) is 0 Å². The van der Waals surface area contributed by atoms with Crippen LogP contribution >= 0.6 is 0 Å². The lowest BCUT2D eigenvalue weighted by atomic mass is 9.82. The first-order valence-corrected chi connectivity index (χ1v) is 7.90. The summed E-state index contributed by atoms with van der Waals surface area (Å²) >= 11 is 0. The summed E-state index contributed by atoms with van der Waals surface area (Å²) < 4.78 is 13.1. The van der Waals surface area contributed by atoms with Gasteiger partial charge in [0.15, 0.2) is 0 Å². The number of amides is 1. The quantitative estimate of drug-likeness (QED) is 0.857. The van der Waals surface area contributed by atoms with Crippen LogP contribution in [-0.4, -0.2) is 55.4 Å². The zero-order valence-electron chi connectivity index (χ0n) is 14.0. The lowest BCUT2D eigenvalue weighted by Gasteiger charge is -2.26. The highest BCUT2D eigenvalue weighted by Crippen LogP contribution is 2.41. The van der Waals surface area contributed by atoms with Crippen LogP contribution in [0, 0.1) is 11.3 Å². The predicted octanol–water partition coefficient (Wildman–Crippen LogP) is 1.98. The number of hydrogen-bond donors (Lipinski definition) is 0. The summed E-state index contributed by atoms with van der Waals surface area (Å²) in [6.45, 7) is 9.97. The third kappa shape index (κ3) is 2.57. The average Bonchev–Trinajstić information content (AvgIpc) is 3.10. The van der Waals surface area contributed by atoms with Crippen LogP contribution in [0.5, 0.6) is 0 Å². The molecule has 2 aliphatic heterocycles. The Balaban J connectivity index is 1.75. The molecule has 5 heteroatoms. The smallest absolute Gasteiger partial charge is 0.255 e. The number of hydrogen-bond acceptors (Lipinski definition) is 3. The standard InChI is InChI=1S/C17H26N2O3/c1-16(2,3)19-6-5-13(7-19)15(20)18-8-14-9-22-12-17(14,10-18)11-21-4/h5-7,14H,8-12H2,1-4H3/t14-,17-/m0/s1. The topological polar surface area (TPSA) is 43.7 Å². The van der Waals surface area contributed by atoms with E-state index >= 15 is 0 Å². The lowest BCUT2D eigenvalue weighted by molar-refractivity contribution is 0.0489. The highest BCUT2D eigenvalue weighted by atomic mass is 16.5. The van der Waals surface area contributed by atoms with E-state index in [0.717, 1.165) is 25.3 Å². The number of rotatable bonds is 3. The second kappa shape index (κ2) is 5.39. The average molecular weight is 306 g/mol. The van der Waals surface area contributed by atoms with E-state index in [1.807, 2.05) is 23.4 Å². The summed E-state index contributed by atoms with van der Waals surface area (Å²) in [5, 5.41) is 0. The van der Waals surface area contributed by atoms with E-state index in [4.69, 9.17) is 9.47 Å². The fourth-order valence-electron chi connectivity index (χ4n) is 3.60. The van der Waals surface area contributed by atoms with Gasteiger partial charge in [-0.1, -0.05) is 0 Å². The van der Waals surface area contributed by atoms with Crippen molar-refractivity contribution in [3.05, 3.63) is 24.0 Å². The van der Waals surface area contributed by atoms with E-state index in [1.165, 1.54) is 0 Å². The molecule has 0 aromatic carbocycles. The molecule has 1 aromatic heterocycles. The molecule has 0 N–H and O–H groups in total. The maximum Gasteiger partial charge on any atom is 0.255 e. The van der Waals surface area contributed by atoms with Crippen LogP contribution in [0.1, 0.15) is 31.1 Å². The molecule has 0 saturated carbocycles. The van der Waals surface area contributed by atoms with Gasteiger partial charge >= 0.3 is 0 Å². The Morgan fingerprint density at radius 2 is 2.27 bits per heavy atom. The molecule has 0 bridgehead atoms. The lowest BCUT2D eigenvalue weighted by Crippen LogP contribution is -2.37. The van der Waals surface area contributed by atoms with E-state index in [0.29, 0.717) is 19.1 Å². The molecule has 5 nitrogen and oxygen atoms in total. The van der Waals surface area contributed by atoms with E-state index in [1.54, 1.807) is 7.11 Å². The van der Waals surface area contributed by atoms with Gasteiger partial charge in [-0.2, -0.15) is 0 Å². The minimum Gasteiger partial charge on any atom is -0.384 e. The highest BCUT2D eigenvalue weighted by molar-refractivity contribution is 5.94. The molecule has 2 saturated heterocycles. The van der Waals surface area contributed by atoms with Crippen molar-refractivity contribution in [1.82, 2.24) is 9.47 Å². The highest BCUT2D eigenvalue weighted by Gasteiger charge is 2.52. The minimum absolute atomic E-state index is 0.00877. The van der Waals surface area contributed by atoms with Crippen molar-refractivity contribution in [2.45, 2.75) is 26.3 Å². The van der Waals surface area contributed by atoms with Gasteiger partial charge in [0.25, 0.3) is 5.91 Å². The van der Waals surface area contributed by atoms with Gasteiger partial charge in [-0.15, -0.1) is 0 Å². The van der Waals surface area contributed by atoms with Gasteiger partial charge < -0.3 is 18.9 Å². The van der Waals surface area contributed by atoms with E-state index in [2.05, 4.69) is 25.3 Å². The zero-order chi connectivity index (χ0) is 16.0. The molecule has 1 aromatic rings. The van der Waals surface area contributed by atoms with Crippen LogP contribution < -0.4 is 0 Å². The normalized spacial score (nSPS) is 28.2. The molecule has 2 aliphatic rings. The van der Waals surface area contributed by atoms with Crippen LogP contribution in [-0.2, 0) is 15.0 Å². The van der Waals surface area contributed by atoms with Gasteiger partial charge in [0.1, 0.15) is 0 Å². The van der Waals surface area contributed by atoms with Gasteiger partial charge in [0, 0.05) is 49.5 Å². The van der Waals surface area contributed by atoms with Crippen LogP contribution in [0.15, 0.2) is 18.5 Å². The second-order valence-corrected chi connectivity index (χ2v) is 7.67. The number of fused-ring (bicyclic) bond motifs is 1. The maximum atomic E-state index is 12.8. The third-order valence-corrected chi connectivity index (χ3v) is 4.95. The first-order valence-electron chi connectivity index (χ1n) is 7.90. The summed E-state index contributed by atoms with van der Waals surface area (Å²) in [6.07, 6.45) is 3.94. The van der Waals surface area contributed by atoms with Crippen molar-refractivity contribution < 1.29 is 14.3 Å². The molecule has 3 heterocycles. The minimum atomic E-state index is -0.0169. The number of ether oxygens (including phenoxy) is 2. The van der Waals surface area contributed by atoms with Gasteiger partial charge in [0.05, 0.1) is 25.4 Å². The summed E-state index contributed by atoms with van der Waals surface area (Å²) in [7, 11) is 1.72. The molecule has 122 valence electrons. The van der Waals surface area contributed by atoms with Crippen LogP contribution in [0.3, 0.4) is 0 Å². The Kier molecular flexibility index (Phi) is 3.81. The molecule has 0 spiro atoms. The van der Waals surface area contributed by atoms with Crippen LogP contribution in [0.4, 0.5) is 0 Å². The van der Waals surface area contributed by atoms with Crippen LogP contribution in [0.25, 0.3) is 0 Å². The maximum absolute atomic E-state index is 12.8. The monoisotopic (exact) mass is 306 g/mol. The second-order valence-electron chi connectivity index (χ2n) is 7.67. The predicted molar refractivity (Wildman–Crippen MR) is 83.9 cm³/mol. The molecule has 0 aliphatic carbocycles. The summed E-state index contributed by atoms with van der Waals surface area (Å²) in [5.41, 5.74) is 0.741. The van der Waals surface area contributed by atoms with Gasteiger partial charge in [-0.3, -0.25) is 4.79 Å². The molecule has 22 heavy (non-hydrogen) atoms. The SMILES string of the molecule is COC[C@@]12COC[C@@H]1CN(C(=O)c1ccn(C(C)(C)C)c1)C2. The number of methoxy groups -OCH3 is 1. The van der Waals surface area contributed by atoms with Crippen molar-refractivity contribution in [3.8, 4) is 0 Å². The van der Waals surface area contributed by atoms with Crippen molar-refractivity contribution in [2.24, 2.45) is 11.3 Å². The fourth-order valence-corrected chi connectivity index (χ4v) is 3.60. The van der Waals surface area contributed by atoms with Gasteiger partial charge in [-0.05, 0) is 26.8 Å². The first kappa shape index (κ1) is 15.6. The third-order valence-electron chi connectivity index (χ3n) is 4.95. The van der Waals surface area contributed by atoms with Crippen molar-refractivity contribution in [2.75, 3.05) is 40.0 Å². The Labute approximate surface area is 132 Å². The Bertz CT molecular complexity index is 560. The van der Waals surface area contributed by atoms with Crippen LogP contribution in [0.2, 0.25) is 0 Å². The number of likely N-dealkylation sites (tertiary alicyclic amines) is 1. The zero-order valence-corrected chi connectivity index (χ0v) is 14.0. The van der Waals surface area contributed by atoms with E-state index < -0.39 is 0 Å². The number of aromatic nitrogens is 1. The molecule has 0 unspecified atom stereocenters. The van der Waals surface area contributed by atoms with Crippen molar-refractivity contribution in [3.63, 3.8) is 0 Å². The number of carbonyl (C=O) groups excluding carboxylic acids is 1. The molecule has 1 amide bonds. The Morgan fingerprint density at radius 1 is 1.50 bits per heavy atom. The molecular weight excluding hydrogens is 280 g/mol. The molecule has 3 rings (SSSR count). The largest absolute Gasteiger partial charge is 0.384 e. The molecule has 2 fully saturated rings. The summed E-state index contributed by atoms with van der Waals surface area (Å²) in [5.74, 6) is 0.508. The summed E-state index contributed by atoms with van der Waals surface area (Å²) in [6, 6.07) is 1.92. The molecule has 0 radical (unpaired) electrons. The van der Waals surface area contributed by atoms with Crippen molar-refractivity contribution in [1.29, 1.82) is 0 Å². The van der Waals surface area contributed by atoms with Gasteiger partial charge in [-0.25, -0.2) is 0 Å². The Hall–Kier alpha value is -1.33. The molecule has 2 atom stereocenters. The Morgan fingerprint density at radius 3 is 2.91 bits per heavy atom. The van der Waals surface area contributed by atoms with Crippen molar-refractivity contribution >= 4 is 5.91 Å². The number of carbonyl (C=O) groups is 1. The molecular formula is C17H26N2O3. The fraction of sp³-hybridized carbons (Fsp3) is 0.706. The first-order chi connectivity index (χ1) is 10.4.